The highest BCUT2D eigenvalue weighted by Gasteiger charge is 2.11. The fourth-order valence-corrected chi connectivity index (χ4v) is 2.65. The number of allylic oxidation sites excluding steroid dienone is 1. The number of esters is 1. The van der Waals surface area contributed by atoms with Gasteiger partial charge in [-0.1, -0.05) is 30.3 Å². The Bertz CT molecular complexity index is 1080. The van der Waals surface area contributed by atoms with Crippen LogP contribution in [0.1, 0.15) is 21.5 Å². The Hall–Kier alpha value is -3.91. The van der Waals surface area contributed by atoms with Gasteiger partial charge >= 0.3 is 5.97 Å². The van der Waals surface area contributed by atoms with Crippen molar-refractivity contribution in [2.45, 2.75) is 0 Å². The summed E-state index contributed by atoms with van der Waals surface area (Å²) in [5.74, 6) is -0.295. The van der Waals surface area contributed by atoms with Crippen molar-refractivity contribution in [3.05, 3.63) is 95.3 Å². The minimum atomic E-state index is -0.661. The molecule has 3 aromatic carbocycles. The van der Waals surface area contributed by atoms with Crippen molar-refractivity contribution in [2.24, 2.45) is 0 Å². The van der Waals surface area contributed by atoms with Gasteiger partial charge in [0.15, 0.2) is 0 Å². The van der Waals surface area contributed by atoms with Crippen LogP contribution >= 0.6 is 0 Å². The van der Waals surface area contributed by atoms with Crippen molar-refractivity contribution >= 4 is 17.6 Å². The minimum Gasteiger partial charge on any atom is -0.496 e. The number of ether oxygens (including phenoxy) is 2. The van der Waals surface area contributed by atoms with Gasteiger partial charge in [-0.25, -0.2) is 9.18 Å². The van der Waals surface area contributed by atoms with Crippen molar-refractivity contribution in [3.8, 4) is 17.6 Å². The molecule has 0 heterocycles. The number of para-hydroxylation sites is 1. The lowest BCUT2D eigenvalue weighted by molar-refractivity contribution is 0.0734. The number of nitrogens with zero attached hydrogens (tertiary/aromatic N) is 1. The molecule has 0 amide bonds. The number of carbonyl (C=O) groups excluding carboxylic acids is 1. The van der Waals surface area contributed by atoms with E-state index in [0.29, 0.717) is 28.2 Å². The number of rotatable bonds is 5. The molecule has 4 nitrogen and oxygen atoms in total. The number of methoxy groups -OCH3 is 1. The molecule has 0 saturated carbocycles. The first-order valence-corrected chi connectivity index (χ1v) is 8.43. The van der Waals surface area contributed by atoms with E-state index in [9.17, 15) is 14.4 Å². The van der Waals surface area contributed by atoms with Crippen LogP contribution in [-0.2, 0) is 0 Å². The van der Waals surface area contributed by atoms with Crippen molar-refractivity contribution in [1.29, 1.82) is 5.26 Å². The predicted molar refractivity (Wildman–Crippen MR) is 104 cm³/mol. The second kappa shape index (κ2) is 8.65. The lowest BCUT2D eigenvalue weighted by atomic mass is 10.0. The van der Waals surface area contributed by atoms with Crippen LogP contribution < -0.4 is 9.47 Å². The maximum Gasteiger partial charge on any atom is 0.343 e. The van der Waals surface area contributed by atoms with Gasteiger partial charge in [0.1, 0.15) is 17.3 Å². The van der Waals surface area contributed by atoms with Gasteiger partial charge in [-0.3, -0.25) is 0 Å². The molecule has 5 heteroatoms. The first-order chi connectivity index (χ1) is 13.6. The molecule has 0 aliphatic rings. The van der Waals surface area contributed by atoms with Gasteiger partial charge in [0.05, 0.1) is 24.3 Å². The van der Waals surface area contributed by atoms with E-state index < -0.39 is 11.8 Å². The van der Waals surface area contributed by atoms with Crippen LogP contribution in [0.2, 0.25) is 0 Å². The summed E-state index contributed by atoms with van der Waals surface area (Å²) < 4.78 is 23.9. The molecule has 0 radical (unpaired) electrons. The molecule has 0 N–H and O–H groups in total. The summed E-state index contributed by atoms with van der Waals surface area (Å²) in [5.41, 5.74) is 1.86. The summed E-state index contributed by atoms with van der Waals surface area (Å²) in [6.45, 7) is 0. The number of hydrogen-bond donors (Lipinski definition) is 0. The maximum absolute atomic E-state index is 13.3. The van der Waals surface area contributed by atoms with Gasteiger partial charge in [0.2, 0.25) is 0 Å². The van der Waals surface area contributed by atoms with Crippen LogP contribution in [0.3, 0.4) is 0 Å². The molecule has 3 aromatic rings. The number of nitriles is 1. The van der Waals surface area contributed by atoms with E-state index in [1.165, 1.54) is 18.2 Å². The molecule has 0 unspecified atom stereocenters. The van der Waals surface area contributed by atoms with Gasteiger partial charge in [0.25, 0.3) is 0 Å². The molecule has 0 bridgehead atoms. The number of carbonyl (C=O) groups is 1. The van der Waals surface area contributed by atoms with Gasteiger partial charge in [0, 0.05) is 5.56 Å². The Morgan fingerprint density at radius 2 is 1.82 bits per heavy atom. The molecule has 0 fully saturated rings. The normalized spacial score (nSPS) is 10.8. The monoisotopic (exact) mass is 373 g/mol. The first-order valence-electron chi connectivity index (χ1n) is 8.43. The van der Waals surface area contributed by atoms with Crippen molar-refractivity contribution in [1.82, 2.24) is 0 Å². The molecule has 138 valence electrons. The predicted octanol–water partition coefficient (Wildman–Crippen LogP) is 5.12. The molecule has 0 aliphatic carbocycles. The van der Waals surface area contributed by atoms with E-state index in [4.69, 9.17) is 9.47 Å². The fourth-order valence-electron chi connectivity index (χ4n) is 2.65. The highest BCUT2D eigenvalue weighted by molar-refractivity contribution is 5.93. The molecule has 0 aliphatic heterocycles. The molecule has 28 heavy (non-hydrogen) atoms. The largest absolute Gasteiger partial charge is 0.496 e. The Balaban J connectivity index is 1.87. The first kappa shape index (κ1) is 18.9. The molecular formula is C23H16FNO3. The van der Waals surface area contributed by atoms with Crippen LogP contribution in [0, 0.1) is 17.1 Å². The molecular weight excluding hydrogens is 357 g/mol. The van der Waals surface area contributed by atoms with Crippen molar-refractivity contribution in [3.63, 3.8) is 0 Å². The van der Waals surface area contributed by atoms with Gasteiger partial charge in [-0.05, 0) is 54.1 Å². The molecule has 0 saturated heterocycles. The molecule has 0 spiro atoms. The average molecular weight is 373 g/mol. The molecule has 0 atom stereocenters. The zero-order valence-corrected chi connectivity index (χ0v) is 15.1. The van der Waals surface area contributed by atoms with E-state index >= 15 is 0 Å². The summed E-state index contributed by atoms with van der Waals surface area (Å²) in [6, 6.07) is 21.4. The van der Waals surface area contributed by atoms with Crippen molar-refractivity contribution in [2.75, 3.05) is 7.11 Å². The summed E-state index contributed by atoms with van der Waals surface area (Å²) in [5, 5.41) is 9.56. The fraction of sp³-hybridized carbons (Fsp3) is 0.0435. The van der Waals surface area contributed by atoms with Crippen LogP contribution in [0.15, 0.2) is 72.8 Å². The number of benzene rings is 3. The van der Waals surface area contributed by atoms with E-state index in [2.05, 4.69) is 6.07 Å². The standard InChI is InChI=1S/C23H16FNO3/c1-27-22-11-3-2-10-21(22)18(15-25)12-16-6-4-9-20(13-16)28-23(26)17-7-5-8-19(24)14-17/h2-14H,1H3/b18-12-. The second-order valence-corrected chi connectivity index (χ2v) is 5.84. The van der Waals surface area contributed by atoms with E-state index in [0.717, 1.165) is 6.07 Å². The third-order valence-electron chi connectivity index (χ3n) is 3.96. The van der Waals surface area contributed by atoms with Gasteiger partial charge in [-0.2, -0.15) is 5.26 Å². The zero-order chi connectivity index (χ0) is 19.9. The Morgan fingerprint density at radius 1 is 1.04 bits per heavy atom. The third kappa shape index (κ3) is 4.43. The Labute approximate surface area is 162 Å². The zero-order valence-electron chi connectivity index (χ0n) is 15.1. The topological polar surface area (TPSA) is 59.3 Å². The van der Waals surface area contributed by atoms with Crippen LogP contribution in [0.25, 0.3) is 11.6 Å². The summed E-state index contributed by atoms with van der Waals surface area (Å²) in [7, 11) is 1.54. The summed E-state index contributed by atoms with van der Waals surface area (Å²) in [6.07, 6.45) is 1.68. The summed E-state index contributed by atoms with van der Waals surface area (Å²) >= 11 is 0. The molecule has 0 aromatic heterocycles. The highest BCUT2D eigenvalue weighted by Crippen LogP contribution is 2.27. The van der Waals surface area contributed by atoms with Crippen LogP contribution in [-0.4, -0.2) is 13.1 Å². The smallest absolute Gasteiger partial charge is 0.343 e. The van der Waals surface area contributed by atoms with E-state index in [1.54, 1.807) is 49.6 Å². The Kier molecular flexibility index (Phi) is 5.83. The van der Waals surface area contributed by atoms with E-state index in [-0.39, 0.29) is 5.56 Å². The number of hydrogen-bond acceptors (Lipinski definition) is 4. The SMILES string of the molecule is COc1ccccc1/C(C#N)=C\c1cccc(OC(=O)c2cccc(F)c2)c1. The average Bonchev–Trinajstić information content (AvgIpc) is 2.72. The summed E-state index contributed by atoms with van der Waals surface area (Å²) in [4.78, 5) is 12.2. The van der Waals surface area contributed by atoms with Crippen LogP contribution in [0.4, 0.5) is 4.39 Å². The lowest BCUT2D eigenvalue weighted by Crippen LogP contribution is -2.08. The minimum absolute atomic E-state index is 0.118. The maximum atomic E-state index is 13.3. The quantitative estimate of drug-likeness (QED) is 0.270. The lowest BCUT2D eigenvalue weighted by Gasteiger charge is -2.08. The second-order valence-electron chi connectivity index (χ2n) is 5.84. The van der Waals surface area contributed by atoms with Gasteiger partial charge in [-0.15, -0.1) is 0 Å². The number of halogens is 1. The van der Waals surface area contributed by atoms with Gasteiger partial charge < -0.3 is 9.47 Å². The van der Waals surface area contributed by atoms with Crippen LogP contribution in [0.5, 0.6) is 11.5 Å². The molecule has 3 rings (SSSR count). The van der Waals surface area contributed by atoms with E-state index in [1.807, 2.05) is 12.1 Å². The third-order valence-corrected chi connectivity index (χ3v) is 3.96. The Morgan fingerprint density at radius 3 is 2.57 bits per heavy atom. The highest BCUT2D eigenvalue weighted by atomic mass is 19.1. The van der Waals surface area contributed by atoms with Crippen molar-refractivity contribution < 1.29 is 18.7 Å².